The number of carbonyl (C=O) groups excluding carboxylic acids is 1. The van der Waals surface area contributed by atoms with Crippen molar-refractivity contribution in [3.63, 3.8) is 0 Å². The van der Waals surface area contributed by atoms with Gasteiger partial charge in [-0.3, -0.25) is 4.79 Å². The van der Waals surface area contributed by atoms with Crippen LogP contribution in [-0.2, 0) is 5.75 Å². The molecular formula is C17H19NO3S. The number of ether oxygens (including phenoxy) is 2. The number of rotatable bonds is 6. The molecule has 0 radical (unpaired) electrons. The van der Waals surface area contributed by atoms with Gasteiger partial charge in [0.1, 0.15) is 11.5 Å². The van der Waals surface area contributed by atoms with E-state index in [2.05, 4.69) is 11.6 Å². The molecule has 0 saturated carbocycles. The van der Waals surface area contributed by atoms with Gasteiger partial charge in [0.2, 0.25) is 0 Å². The number of amides is 1. The molecule has 4 nitrogen and oxygen atoms in total. The van der Waals surface area contributed by atoms with Crippen molar-refractivity contribution in [1.82, 2.24) is 0 Å². The normalized spacial score (nSPS) is 10.1. The number of hydrogen-bond donors (Lipinski definition) is 1. The fourth-order valence-electron chi connectivity index (χ4n) is 2.02. The van der Waals surface area contributed by atoms with Gasteiger partial charge in [-0.2, -0.15) is 11.8 Å². The minimum absolute atomic E-state index is 0.167. The lowest BCUT2D eigenvalue weighted by molar-refractivity contribution is 0.102. The topological polar surface area (TPSA) is 47.6 Å². The van der Waals surface area contributed by atoms with E-state index in [9.17, 15) is 4.79 Å². The highest BCUT2D eigenvalue weighted by Crippen LogP contribution is 2.29. The molecule has 0 aliphatic carbocycles. The van der Waals surface area contributed by atoms with Crippen molar-refractivity contribution in [2.45, 2.75) is 5.75 Å². The zero-order valence-electron chi connectivity index (χ0n) is 12.9. The Labute approximate surface area is 134 Å². The average Bonchev–Trinajstić information content (AvgIpc) is 2.56. The van der Waals surface area contributed by atoms with Crippen LogP contribution in [0, 0.1) is 0 Å². The van der Waals surface area contributed by atoms with Gasteiger partial charge in [-0.1, -0.05) is 12.1 Å². The molecule has 116 valence electrons. The van der Waals surface area contributed by atoms with E-state index < -0.39 is 0 Å². The summed E-state index contributed by atoms with van der Waals surface area (Å²) in [6, 6.07) is 12.9. The largest absolute Gasteiger partial charge is 0.497 e. The molecule has 0 heterocycles. The lowest BCUT2D eigenvalue weighted by Gasteiger charge is -2.11. The second-order valence-electron chi connectivity index (χ2n) is 4.65. The highest BCUT2D eigenvalue weighted by molar-refractivity contribution is 7.97. The number of anilines is 1. The highest BCUT2D eigenvalue weighted by Gasteiger charge is 2.10. The van der Waals surface area contributed by atoms with E-state index in [0.29, 0.717) is 22.7 Å². The Hall–Kier alpha value is -2.14. The standard InChI is InChI=1S/C17H19NO3S/c1-20-14-8-9-15(16(10-14)21-2)18-17(19)13-6-4-12(5-7-13)11-22-3/h4-10H,11H2,1-3H3,(H,18,19). The molecular weight excluding hydrogens is 298 g/mol. The van der Waals surface area contributed by atoms with Gasteiger partial charge in [-0.15, -0.1) is 0 Å². The predicted octanol–water partition coefficient (Wildman–Crippen LogP) is 3.82. The summed E-state index contributed by atoms with van der Waals surface area (Å²) in [5, 5.41) is 2.86. The average molecular weight is 317 g/mol. The first-order chi connectivity index (χ1) is 10.7. The summed E-state index contributed by atoms with van der Waals surface area (Å²) in [5.41, 5.74) is 2.43. The predicted molar refractivity (Wildman–Crippen MR) is 91.2 cm³/mol. The van der Waals surface area contributed by atoms with Crippen molar-refractivity contribution >= 4 is 23.4 Å². The van der Waals surface area contributed by atoms with Crippen molar-refractivity contribution in [3.05, 3.63) is 53.6 Å². The molecule has 0 aliphatic heterocycles. The molecule has 22 heavy (non-hydrogen) atoms. The zero-order valence-corrected chi connectivity index (χ0v) is 13.7. The van der Waals surface area contributed by atoms with E-state index in [0.717, 1.165) is 5.75 Å². The van der Waals surface area contributed by atoms with Crippen LogP contribution in [0.4, 0.5) is 5.69 Å². The zero-order chi connectivity index (χ0) is 15.9. The molecule has 0 spiro atoms. The summed E-state index contributed by atoms with van der Waals surface area (Å²) in [5.74, 6) is 2.01. The summed E-state index contributed by atoms with van der Waals surface area (Å²) in [4.78, 5) is 12.3. The summed E-state index contributed by atoms with van der Waals surface area (Å²) >= 11 is 1.75. The lowest BCUT2D eigenvalue weighted by atomic mass is 10.1. The molecule has 0 aromatic heterocycles. The van der Waals surface area contributed by atoms with Crippen LogP contribution in [0.15, 0.2) is 42.5 Å². The van der Waals surface area contributed by atoms with Crippen LogP contribution < -0.4 is 14.8 Å². The molecule has 5 heteroatoms. The number of nitrogens with one attached hydrogen (secondary N) is 1. The summed E-state index contributed by atoms with van der Waals surface area (Å²) < 4.78 is 10.4. The Morgan fingerprint density at radius 2 is 1.82 bits per heavy atom. The maximum Gasteiger partial charge on any atom is 0.255 e. The van der Waals surface area contributed by atoms with Crippen molar-refractivity contribution < 1.29 is 14.3 Å². The van der Waals surface area contributed by atoms with Crippen LogP contribution in [-0.4, -0.2) is 26.4 Å². The third kappa shape index (κ3) is 3.95. The first-order valence-electron chi connectivity index (χ1n) is 6.79. The third-order valence-electron chi connectivity index (χ3n) is 3.18. The van der Waals surface area contributed by atoms with Gasteiger partial charge >= 0.3 is 0 Å². The van der Waals surface area contributed by atoms with E-state index in [1.165, 1.54) is 5.56 Å². The molecule has 0 atom stereocenters. The Morgan fingerprint density at radius 3 is 2.41 bits per heavy atom. The van der Waals surface area contributed by atoms with Crippen LogP contribution in [0.25, 0.3) is 0 Å². The monoisotopic (exact) mass is 317 g/mol. The van der Waals surface area contributed by atoms with Crippen molar-refractivity contribution in [3.8, 4) is 11.5 Å². The van der Waals surface area contributed by atoms with Gasteiger partial charge in [0.25, 0.3) is 5.91 Å². The maximum absolute atomic E-state index is 12.3. The highest BCUT2D eigenvalue weighted by atomic mass is 32.2. The van der Waals surface area contributed by atoms with Gasteiger partial charge in [0.15, 0.2) is 0 Å². The van der Waals surface area contributed by atoms with Crippen LogP contribution in [0.5, 0.6) is 11.5 Å². The smallest absolute Gasteiger partial charge is 0.255 e. The van der Waals surface area contributed by atoms with Gasteiger partial charge in [-0.25, -0.2) is 0 Å². The first kappa shape index (κ1) is 16.2. The maximum atomic E-state index is 12.3. The van der Waals surface area contributed by atoms with Gasteiger partial charge in [0, 0.05) is 17.4 Å². The van der Waals surface area contributed by atoms with Crippen LogP contribution >= 0.6 is 11.8 Å². The minimum atomic E-state index is -0.167. The van der Waals surface area contributed by atoms with Gasteiger partial charge in [0.05, 0.1) is 19.9 Å². The summed E-state index contributed by atoms with van der Waals surface area (Å²) in [7, 11) is 3.14. The van der Waals surface area contributed by atoms with Crippen molar-refractivity contribution in [2.75, 3.05) is 25.8 Å². The Morgan fingerprint density at radius 1 is 1.09 bits per heavy atom. The Kier molecular flexibility index (Phi) is 5.72. The molecule has 0 bridgehead atoms. The number of thioether (sulfide) groups is 1. The fraction of sp³-hybridized carbons (Fsp3) is 0.235. The first-order valence-corrected chi connectivity index (χ1v) is 8.18. The molecule has 1 amide bonds. The van der Waals surface area contributed by atoms with E-state index in [-0.39, 0.29) is 5.91 Å². The molecule has 1 N–H and O–H groups in total. The fourth-order valence-corrected chi connectivity index (χ4v) is 2.54. The number of methoxy groups -OCH3 is 2. The number of hydrogen-bond acceptors (Lipinski definition) is 4. The molecule has 0 unspecified atom stereocenters. The molecule has 2 aromatic rings. The lowest BCUT2D eigenvalue weighted by Crippen LogP contribution is -2.12. The van der Waals surface area contributed by atoms with Crippen LogP contribution in [0.1, 0.15) is 15.9 Å². The number of carbonyl (C=O) groups is 1. The van der Waals surface area contributed by atoms with Gasteiger partial charge in [-0.05, 0) is 36.1 Å². The van der Waals surface area contributed by atoms with Crippen LogP contribution in [0.3, 0.4) is 0 Å². The second kappa shape index (κ2) is 7.75. The van der Waals surface area contributed by atoms with E-state index in [1.54, 1.807) is 44.2 Å². The molecule has 2 rings (SSSR count). The third-order valence-corrected chi connectivity index (χ3v) is 3.81. The SMILES string of the molecule is COc1ccc(NC(=O)c2ccc(CSC)cc2)c(OC)c1. The summed E-state index contributed by atoms with van der Waals surface area (Å²) in [6.07, 6.45) is 2.05. The Balaban J connectivity index is 2.14. The van der Waals surface area contributed by atoms with E-state index >= 15 is 0 Å². The molecule has 0 saturated heterocycles. The molecule has 2 aromatic carbocycles. The molecule has 0 aliphatic rings. The van der Waals surface area contributed by atoms with Crippen molar-refractivity contribution in [1.29, 1.82) is 0 Å². The van der Waals surface area contributed by atoms with Crippen molar-refractivity contribution in [2.24, 2.45) is 0 Å². The van der Waals surface area contributed by atoms with Gasteiger partial charge < -0.3 is 14.8 Å². The van der Waals surface area contributed by atoms with E-state index in [4.69, 9.17) is 9.47 Å². The Bertz CT molecular complexity index is 641. The quantitative estimate of drug-likeness (QED) is 0.880. The summed E-state index contributed by atoms with van der Waals surface area (Å²) in [6.45, 7) is 0. The minimum Gasteiger partial charge on any atom is -0.497 e. The second-order valence-corrected chi connectivity index (χ2v) is 5.52. The van der Waals surface area contributed by atoms with Crippen LogP contribution in [0.2, 0.25) is 0 Å². The van der Waals surface area contributed by atoms with E-state index in [1.807, 2.05) is 24.3 Å². The number of benzene rings is 2. The molecule has 0 fully saturated rings.